The number of aromatic amines is 1. The van der Waals surface area contributed by atoms with Crippen LogP contribution >= 0.6 is 11.8 Å². The van der Waals surface area contributed by atoms with Gasteiger partial charge in [0.2, 0.25) is 11.1 Å². The summed E-state index contributed by atoms with van der Waals surface area (Å²) in [5.74, 6) is 0.239. The van der Waals surface area contributed by atoms with Crippen LogP contribution in [0, 0.1) is 34.0 Å². The van der Waals surface area contributed by atoms with Crippen LogP contribution in [0.4, 0.5) is 5.95 Å². The minimum absolute atomic E-state index is 0.0223. The number of nitrogens with one attached hydrogen (secondary N) is 1. The van der Waals surface area contributed by atoms with Gasteiger partial charge in [-0.3, -0.25) is 9.59 Å². The van der Waals surface area contributed by atoms with E-state index in [2.05, 4.69) is 49.8 Å². The molecular weight excluding hydrogens is 440 g/mol. The van der Waals surface area contributed by atoms with Crippen molar-refractivity contribution in [2.45, 2.75) is 90.5 Å². The van der Waals surface area contributed by atoms with Crippen LogP contribution in [0.3, 0.4) is 0 Å². The highest BCUT2D eigenvalue weighted by molar-refractivity contribution is 7.99. The number of ketones is 1. The lowest BCUT2D eigenvalue weighted by Crippen LogP contribution is -2.63. The maximum absolute atomic E-state index is 13.4. The van der Waals surface area contributed by atoms with Gasteiger partial charge in [-0.05, 0) is 54.8 Å². The highest BCUT2D eigenvalue weighted by atomic mass is 32.2. The summed E-state index contributed by atoms with van der Waals surface area (Å²) in [6, 6.07) is 0. The number of rotatable bonds is 5. The van der Waals surface area contributed by atoms with Crippen molar-refractivity contribution in [2.75, 3.05) is 11.5 Å². The topological polar surface area (TPSA) is 131 Å². The van der Waals surface area contributed by atoms with Gasteiger partial charge in [0.05, 0.1) is 11.9 Å². The molecule has 4 N–H and O–H groups in total. The third-order valence-electron chi connectivity index (χ3n) is 9.78. The second kappa shape index (κ2) is 8.56. The van der Waals surface area contributed by atoms with E-state index in [-0.39, 0.29) is 46.6 Å². The fourth-order valence-corrected chi connectivity index (χ4v) is 7.93. The van der Waals surface area contributed by atoms with Crippen LogP contribution in [0.1, 0.15) is 73.1 Å². The Hall–Kier alpha value is -1.61. The van der Waals surface area contributed by atoms with Crippen LogP contribution < -0.4 is 5.73 Å². The molecule has 1 aromatic heterocycles. The van der Waals surface area contributed by atoms with Crippen LogP contribution in [0.2, 0.25) is 0 Å². The number of nitrogens with zero attached hydrogens (tertiary/aromatic N) is 2. The molecule has 3 fully saturated rings. The number of aromatic nitrogens is 3. The molecule has 2 bridgehead atoms. The molecule has 184 valence electrons. The van der Waals surface area contributed by atoms with E-state index < -0.39 is 23.0 Å². The fraction of sp³-hybridized carbons (Fsp3) is 0.833. The summed E-state index contributed by atoms with van der Waals surface area (Å²) in [5.41, 5.74) is 4.47. The molecule has 0 radical (unpaired) electrons. The zero-order chi connectivity index (χ0) is 24.2. The SMILES string of the molecule is CC[C@]1(C)C[C@@H](OC(=O)CSc2n[nH]c(N)n2)[C@@]2(C)[C@H](C)CC[C@]3(CCC(=O)[C@H]32)[C@@H](C)[C@@H]1O. The summed E-state index contributed by atoms with van der Waals surface area (Å²) in [5, 5.41) is 18.5. The molecule has 8 nitrogen and oxygen atoms in total. The van der Waals surface area contributed by atoms with Gasteiger partial charge in [-0.15, -0.1) is 5.10 Å². The molecule has 8 atom stereocenters. The van der Waals surface area contributed by atoms with E-state index in [0.717, 1.165) is 25.7 Å². The van der Waals surface area contributed by atoms with Crippen molar-refractivity contribution in [1.82, 2.24) is 15.2 Å². The Bertz CT molecular complexity index is 924. The molecule has 9 heteroatoms. The minimum atomic E-state index is -0.555. The van der Waals surface area contributed by atoms with Crippen molar-refractivity contribution in [3.05, 3.63) is 0 Å². The highest BCUT2D eigenvalue weighted by Gasteiger charge is 2.68. The molecule has 0 amide bonds. The Morgan fingerprint density at radius 3 is 2.70 bits per heavy atom. The molecular formula is C24H38N4O4S. The Morgan fingerprint density at radius 2 is 2.06 bits per heavy atom. The van der Waals surface area contributed by atoms with Crippen LogP contribution in [-0.2, 0) is 14.3 Å². The van der Waals surface area contributed by atoms with Gasteiger partial charge in [0.25, 0.3) is 0 Å². The van der Waals surface area contributed by atoms with Gasteiger partial charge >= 0.3 is 5.97 Å². The zero-order valence-electron chi connectivity index (χ0n) is 20.4. The van der Waals surface area contributed by atoms with E-state index in [1.165, 1.54) is 11.8 Å². The summed E-state index contributed by atoms with van der Waals surface area (Å²) >= 11 is 1.17. The molecule has 0 spiro atoms. The number of hydrogen-bond acceptors (Lipinski definition) is 8. The number of H-pyrrole nitrogens is 1. The lowest BCUT2D eigenvalue weighted by atomic mass is 9.43. The number of carbonyl (C=O) groups excluding carboxylic acids is 2. The predicted molar refractivity (Wildman–Crippen MR) is 126 cm³/mol. The van der Waals surface area contributed by atoms with Crippen molar-refractivity contribution in [3.63, 3.8) is 0 Å². The van der Waals surface area contributed by atoms with Gasteiger partial charge in [0, 0.05) is 17.8 Å². The molecule has 0 saturated heterocycles. The van der Waals surface area contributed by atoms with E-state index in [0.29, 0.717) is 18.0 Å². The lowest BCUT2D eigenvalue weighted by molar-refractivity contribution is -0.211. The number of esters is 1. The van der Waals surface area contributed by atoms with Crippen LogP contribution in [0.5, 0.6) is 0 Å². The molecule has 0 aromatic carbocycles. The predicted octanol–water partition coefficient (Wildman–Crippen LogP) is 3.61. The molecule has 1 heterocycles. The van der Waals surface area contributed by atoms with Crippen LogP contribution in [0.25, 0.3) is 0 Å². The first-order chi connectivity index (χ1) is 15.5. The molecule has 0 unspecified atom stereocenters. The van der Waals surface area contributed by atoms with Gasteiger partial charge < -0.3 is 15.6 Å². The van der Waals surface area contributed by atoms with E-state index in [9.17, 15) is 14.7 Å². The molecule has 4 rings (SSSR count). The van der Waals surface area contributed by atoms with E-state index in [1.807, 2.05) is 0 Å². The third-order valence-corrected chi connectivity index (χ3v) is 10.6. The normalized spacial score (nSPS) is 43.0. The average molecular weight is 479 g/mol. The fourth-order valence-electron chi connectivity index (χ4n) is 7.35. The first-order valence-corrected chi connectivity index (χ1v) is 13.2. The Balaban J connectivity index is 1.69. The van der Waals surface area contributed by atoms with Crippen molar-refractivity contribution in [1.29, 1.82) is 0 Å². The van der Waals surface area contributed by atoms with Crippen LogP contribution in [-0.4, -0.2) is 50.0 Å². The highest BCUT2D eigenvalue weighted by Crippen LogP contribution is 2.68. The largest absolute Gasteiger partial charge is 0.461 e. The number of nitrogen functional groups attached to an aromatic ring is 1. The number of nitrogens with two attached hydrogens (primary N) is 1. The summed E-state index contributed by atoms with van der Waals surface area (Å²) in [6.07, 6.45) is 3.60. The maximum atomic E-state index is 13.4. The summed E-state index contributed by atoms with van der Waals surface area (Å²) in [7, 11) is 0. The van der Waals surface area contributed by atoms with Crippen molar-refractivity contribution >= 4 is 29.5 Å². The summed E-state index contributed by atoms with van der Waals surface area (Å²) < 4.78 is 6.23. The number of aliphatic hydroxyl groups is 1. The second-order valence-corrected chi connectivity index (χ2v) is 12.1. The van der Waals surface area contributed by atoms with Gasteiger partial charge in [0.15, 0.2) is 0 Å². The third kappa shape index (κ3) is 3.79. The smallest absolute Gasteiger partial charge is 0.316 e. The van der Waals surface area contributed by atoms with E-state index >= 15 is 0 Å². The van der Waals surface area contributed by atoms with Crippen molar-refractivity contribution in [3.8, 4) is 0 Å². The quantitative estimate of drug-likeness (QED) is 0.432. The molecule has 0 aliphatic heterocycles. The average Bonchev–Trinajstić information content (AvgIpc) is 3.36. The van der Waals surface area contributed by atoms with Crippen LogP contribution in [0.15, 0.2) is 5.16 Å². The second-order valence-electron chi connectivity index (χ2n) is 11.2. The number of aliphatic hydroxyl groups excluding tert-OH is 1. The van der Waals surface area contributed by atoms with Gasteiger partial charge in [-0.2, -0.15) is 4.98 Å². The Labute approximate surface area is 200 Å². The first kappa shape index (κ1) is 24.5. The van der Waals surface area contributed by atoms with Crippen molar-refractivity contribution < 1.29 is 19.4 Å². The molecule has 33 heavy (non-hydrogen) atoms. The van der Waals surface area contributed by atoms with E-state index in [1.54, 1.807) is 0 Å². The zero-order valence-corrected chi connectivity index (χ0v) is 21.2. The summed E-state index contributed by atoms with van der Waals surface area (Å²) in [4.78, 5) is 30.5. The number of thioether (sulfide) groups is 1. The standard InChI is InChI=1S/C24H38N4O4S/c1-6-22(4)11-16(32-17(30)12-33-21-26-20(25)27-28-21)23(5)13(2)7-9-24(14(3)19(22)31)10-8-15(29)18(23)24/h13-14,16,18-19,31H,6-12H2,1-5H3,(H3,25,26,27,28)/t13-,14+,16-,18+,19+,22-,23-,24+/m1/s1. The molecule has 1 aromatic rings. The summed E-state index contributed by atoms with van der Waals surface area (Å²) in [6.45, 7) is 10.7. The number of anilines is 1. The van der Waals surface area contributed by atoms with Gasteiger partial charge in [-0.25, -0.2) is 5.10 Å². The molecule has 3 aliphatic carbocycles. The maximum Gasteiger partial charge on any atom is 0.316 e. The van der Waals surface area contributed by atoms with E-state index in [4.69, 9.17) is 10.5 Å². The number of ether oxygens (including phenoxy) is 1. The van der Waals surface area contributed by atoms with Gasteiger partial charge in [0.1, 0.15) is 11.9 Å². The first-order valence-electron chi connectivity index (χ1n) is 12.2. The molecule has 3 aliphatic rings. The van der Waals surface area contributed by atoms with Crippen molar-refractivity contribution in [2.24, 2.45) is 34.0 Å². The minimum Gasteiger partial charge on any atom is -0.461 e. The number of Topliss-reactive ketones (excluding diaryl/α,β-unsaturated/α-hetero) is 1. The van der Waals surface area contributed by atoms with Gasteiger partial charge in [-0.1, -0.05) is 46.4 Å². The number of carbonyl (C=O) groups is 2. The molecule has 3 saturated carbocycles. The number of hydrogen-bond donors (Lipinski definition) is 3. The Morgan fingerprint density at radius 1 is 1.33 bits per heavy atom. The lowest BCUT2D eigenvalue weighted by Gasteiger charge is -2.62. The monoisotopic (exact) mass is 478 g/mol. The Kier molecular flexibility index (Phi) is 6.36.